The fourth-order valence-corrected chi connectivity index (χ4v) is 2.54. The molecule has 4 nitrogen and oxygen atoms in total. The first-order valence-corrected chi connectivity index (χ1v) is 7.09. The normalized spacial score (nSPS) is 15.8. The average Bonchev–Trinajstić information content (AvgIpc) is 2.54. The Hall–Kier alpha value is -2.38. The maximum absolute atomic E-state index is 13.2. The number of pyridine rings is 2. The molecule has 0 radical (unpaired) electrons. The SMILES string of the molecule is Fc1cccc(N2CCN(c3ccnc(C(F)(F)F)c3)CC2)n1. The van der Waals surface area contributed by atoms with Crippen molar-refractivity contribution in [3.8, 4) is 0 Å². The molecule has 3 rings (SSSR count). The molecule has 3 heterocycles. The molecular weight excluding hydrogens is 312 g/mol. The number of halogens is 4. The maximum atomic E-state index is 13.2. The van der Waals surface area contributed by atoms with Crippen LogP contribution in [0.4, 0.5) is 29.1 Å². The van der Waals surface area contributed by atoms with E-state index >= 15 is 0 Å². The molecule has 23 heavy (non-hydrogen) atoms. The Morgan fingerprint density at radius 2 is 1.65 bits per heavy atom. The van der Waals surface area contributed by atoms with Crippen molar-refractivity contribution < 1.29 is 17.6 Å². The molecule has 0 atom stereocenters. The van der Waals surface area contributed by atoms with E-state index in [0.29, 0.717) is 37.7 Å². The van der Waals surface area contributed by atoms with Crippen LogP contribution in [0.3, 0.4) is 0 Å². The van der Waals surface area contributed by atoms with Crippen LogP contribution in [0.5, 0.6) is 0 Å². The zero-order chi connectivity index (χ0) is 16.4. The molecule has 0 bridgehead atoms. The predicted octanol–water partition coefficient (Wildman–Crippen LogP) is 2.96. The summed E-state index contributed by atoms with van der Waals surface area (Å²) in [6.07, 6.45) is -3.29. The lowest BCUT2D eigenvalue weighted by Crippen LogP contribution is -2.47. The van der Waals surface area contributed by atoms with Crippen LogP contribution in [-0.2, 0) is 6.18 Å². The number of nitrogens with zero attached hydrogens (tertiary/aromatic N) is 4. The van der Waals surface area contributed by atoms with Gasteiger partial charge in [-0.05, 0) is 24.3 Å². The van der Waals surface area contributed by atoms with E-state index in [1.165, 1.54) is 12.3 Å². The van der Waals surface area contributed by atoms with Crippen molar-refractivity contribution in [3.05, 3.63) is 48.2 Å². The van der Waals surface area contributed by atoms with Crippen molar-refractivity contribution in [3.63, 3.8) is 0 Å². The van der Waals surface area contributed by atoms with Crippen molar-refractivity contribution in [1.29, 1.82) is 0 Å². The Morgan fingerprint density at radius 1 is 0.957 bits per heavy atom. The van der Waals surface area contributed by atoms with Gasteiger partial charge in [-0.3, -0.25) is 4.98 Å². The Balaban J connectivity index is 1.70. The van der Waals surface area contributed by atoms with Gasteiger partial charge in [0.05, 0.1) is 0 Å². The lowest BCUT2D eigenvalue weighted by atomic mass is 10.2. The van der Waals surface area contributed by atoms with Crippen molar-refractivity contribution in [2.75, 3.05) is 36.0 Å². The minimum atomic E-state index is -4.46. The Labute approximate surface area is 130 Å². The van der Waals surface area contributed by atoms with Crippen molar-refractivity contribution in [1.82, 2.24) is 9.97 Å². The van der Waals surface area contributed by atoms with Crippen molar-refractivity contribution in [2.45, 2.75) is 6.18 Å². The number of anilines is 2. The summed E-state index contributed by atoms with van der Waals surface area (Å²) < 4.78 is 51.3. The van der Waals surface area contributed by atoms with E-state index < -0.39 is 17.8 Å². The molecular formula is C15H14F4N4. The lowest BCUT2D eigenvalue weighted by molar-refractivity contribution is -0.141. The second-order valence-corrected chi connectivity index (χ2v) is 5.19. The summed E-state index contributed by atoms with van der Waals surface area (Å²) >= 11 is 0. The molecule has 0 aliphatic carbocycles. The summed E-state index contributed by atoms with van der Waals surface area (Å²) in [5.41, 5.74) is -0.414. The van der Waals surface area contributed by atoms with E-state index in [1.54, 1.807) is 18.2 Å². The van der Waals surface area contributed by atoms with Gasteiger partial charge in [0.1, 0.15) is 11.5 Å². The first-order valence-electron chi connectivity index (χ1n) is 7.09. The molecule has 2 aromatic heterocycles. The van der Waals surface area contributed by atoms with Crippen LogP contribution in [0.15, 0.2) is 36.5 Å². The number of hydrogen-bond acceptors (Lipinski definition) is 4. The van der Waals surface area contributed by atoms with E-state index in [4.69, 9.17) is 0 Å². The Kier molecular flexibility index (Phi) is 4.06. The van der Waals surface area contributed by atoms with Crippen molar-refractivity contribution in [2.24, 2.45) is 0 Å². The van der Waals surface area contributed by atoms with Gasteiger partial charge in [0, 0.05) is 38.1 Å². The summed E-state index contributed by atoms with van der Waals surface area (Å²) in [5, 5.41) is 0. The zero-order valence-corrected chi connectivity index (χ0v) is 12.1. The largest absolute Gasteiger partial charge is 0.433 e. The van der Waals surface area contributed by atoms with Crippen LogP contribution in [-0.4, -0.2) is 36.1 Å². The van der Waals surface area contributed by atoms with Gasteiger partial charge in [-0.25, -0.2) is 4.98 Å². The van der Waals surface area contributed by atoms with Crippen LogP contribution >= 0.6 is 0 Å². The summed E-state index contributed by atoms with van der Waals surface area (Å²) in [5.74, 6) is -0.00996. The predicted molar refractivity (Wildman–Crippen MR) is 77.9 cm³/mol. The number of aromatic nitrogens is 2. The molecule has 0 aromatic carbocycles. The summed E-state index contributed by atoms with van der Waals surface area (Å²) in [6.45, 7) is 2.17. The molecule has 0 saturated carbocycles. The molecule has 1 saturated heterocycles. The highest BCUT2D eigenvalue weighted by molar-refractivity contribution is 5.50. The second-order valence-electron chi connectivity index (χ2n) is 5.19. The number of hydrogen-bond donors (Lipinski definition) is 0. The standard InChI is InChI=1S/C15H14F4N4/c16-13-2-1-3-14(21-13)23-8-6-22(7-9-23)11-4-5-20-12(10-11)15(17,18)19/h1-5,10H,6-9H2. The first kappa shape index (κ1) is 15.5. The van der Waals surface area contributed by atoms with E-state index in [1.807, 2.05) is 9.80 Å². The topological polar surface area (TPSA) is 32.3 Å². The van der Waals surface area contributed by atoms with Crippen LogP contribution in [0, 0.1) is 5.95 Å². The number of alkyl halides is 3. The minimum absolute atomic E-state index is 0.485. The number of rotatable bonds is 2. The Bertz CT molecular complexity index is 681. The molecule has 1 aliphatic heterocycles. The molecule has 0 amide bonds. The summed E-state index contributed by atoms with van der Waals surface area (Å²) in [6, 6.07) is 7.19. The third-order valence-electron chi connectivity index (χ3n) is 3.70. The second kappa shape index (κ2) is 6.02. The van der Waals surface area contributed by atoms with Crippen LogP contribution in [0.2, 0.25) is 0 Å². The monoisotopic (exact) mass is 326 g/mol. The smallest absolute Gasteiger partial charge is 0.368 e. The van der Waals surface area contributed by atoms with Gasteiger partial charge in [-0.2, -0.15) is 17.6 Å². The molecule has 1 aliphatic rings. The molecule has 0 N–H and O–H groups in total. The van der Waals surface area contributed by atoms with Gasteiger partial charge in [-0.1, -0.05) is 6.07 Å². The maximum Gasteiger partial charge on any atom is 0.433 e. The lowest BCUT2D eigenvalue weighted by Gasteiger charge is -2.36. The molecule has 8 heteroatoms. The molecule has 0 unspecified atom stereocenters. The molecule has 0 spiro atoms. The van der Waals surface area contributed by atoms with Crippen molar-refractivity contribution >= 4 is 11.5 Å². The summed E-state index contributed by atoms with van der Waals surface area (Å²) in [4.78, 5) is 10.9. The van der Waals surface area contributed by atoms with E-state index in [2.05, 4.69) is 9.97 Å². The third-order valence-corrected chi connectivity index (χ3v) is 3.70. The van der Waals surface area contributed by atoms with E-state index in [-0.39, 0.29) is 0 Å². The zero-order valence-electron chi connectivity index (χ0n) is 12.1. The molecule has 1 fully saturated rings. The minimum Gasteiger partial charge on any atom is -0.368 e. The van der Waals surface area contributed by atoms with Gasteiger partial charge in [-0.15, -0.1) is 0 Å². The first-order chi connectivity index (χ1) is 10.9. The fourth-order valence-electron chi connectivity index (χ4n) is 2.54. The average molecular weight is 326 g/mol. The third kappa shape index (κ3) is 3.52. The molecule has 2 aromatic rings. The van der Waals surface area contributed by atoms with Crippen LogP contribution in [0.1, 0.15) is 5.69 Å². The highest BCUT2D eigenvalue weighted by atomic mass is 19.4. The number of piperazine rings is 1. The molecule has 122 valence electrons. The van der Waals surface area contributed by atoms with Crippen LogP contribution < -0.4 is 9.80 Å². The highest BCUT2D eigenvalue weighted by Gasteiger charge is 2.33. The van der Waals surface area contributed by atoms with Gasteiger partial charge >= 0.3 is 6.18 Å². The highest BCUT2D eigenvalue weighted by Crippen LogP contribution is 2.30. The van der Waals surface area contributed by atoms with Crippen LogP contribution in [0.25, 0.3) is 0 Å². The van der Waals surface area contributed by atoms with Gasteiger partial charge in [0.15, 0.2) is 0 Å². The Morgan fingerprint density at radius 3 is 2.30 bits per heavy atom. The quantitative estimate of drug-likeness (QED) is 0.627. The fraction of sp³-hybridized carbons (Fsp3) is 0.333. The summed E-state index contributed by atoms with van der Waals surface area (Å²) in [7, 11) is 0. The van der Waals surface area contributed by atoms with Gasteiger partial charge in [0.25, 0.3) is 0 Å². The van der Waals surface area contributed by atoms with E-state index in [0.717, 1.165) is 6.07 Å². The van der Waals surface area contributed by atoms with Gasteiger partial charge < -0.3 is 9.80 Å². The van der Waals surface area contributed by atoms with E-state index in [9.17, 15) is 17.6 Å². The van der Waals surface area contributed by atoms with Gasteiger partial charge in [0.2, 0.25) is 5.95 Å².